The molecule has 164 valence electrons. The molecule has 2 atom stereocenters. The first-order chi connectivity index (χ1) is 15.0. The van der Waals surface area contributed by atoms with E-state index in [1.54, 1.807) is 31.4 Å². The van der Waals surface area contributed by atoms with Crippen molar-refractivity contribution < 1.29 is 14.3 Å². The fourth-order valence-corrected chi connectivity index (χ4v) is 4.92. The van der Waals surface area contributed by atoms with Crippen molar-refractivity contribution in [3.05, 3.63) is 48.5 Å². The predicted molar refractivity (Wildman–Crippen MR) is 117 cm³/mol. The molecule has 3 heterocycles. The van der Waals surface area contributed by atoms with E-state index in [0.717, 1.165) is 42.4 Å². The highest BCUT2D eigenvalue weighted by atomic mass is 16.5. The first-order valence-corrected chi connectivity index (χ1v) is 11.0. The van der Waals surface area contributed by atoms with Crippen molar-refractivity contribution in [3.8, 4) is 11.1 Å². The molecule has 31 heavy (non-hydrogen) atoms. The molecule has 7 heteroatoms. The minimum absolute atomic E-state index is 0.0258. The third kappa shape index (κ3) is 4.46. The molecule has 2 saturated heterocycles. The Labute approximate surface area is 183 Å². The SMILES string of the molecule is CN(C)C(=O)[C@@]1(Cc2ccccc2-c2cncnc2)CCCN(C(=O)[C@@H]2CCCO2)C1. The van der Waals surface area contributed by atoms with Gasteiger partial charge in [0.15, 0.2) is 0 Å². The summed E-state index contributed by atoms with van der Waals surface area (Å²) < 4.78 is 5.64. The summed E-state index contributed by atoms with van der Waals surface area (Å²) in [5.41, 5.74) is 2.35. The summed E-state index contributed by atoms with van der Waals surface area (Å²) in [6.07, 6.45) is 8.52. The normalized spacial score (nSPS) is 23.5. The molecule has 2 aliphatic heterocycles. The van der Waals surface area contributed by atoms with Crippen LogP contribution in [0.25, 0.3) is 11.1 Å². The number of carbonyl (C=O) groups is 2. The highest BCUT2D eigenvalue weighted by Crippen LogP contribution is 2.38. The van der Waals surface area contributed by atoms with Gasteiger partial charge in [0.1, 0.15) is 12.4 Å². The standard InChI is InChI=1S/C24H30N4O3/c1-27(2)23(30)24(10-6-11-28(16-24)22(29)21-9-5-12-31-21)13-18-7-3-4-8-20(18)19-14-25-17-26-15-19/h3-4,7-8,14-15,17,21H,5-6,9-13,16H2,1-2H3/t21-,24+/m0/s1. The van der Waals surface area contributed by atoms with E-state index in [2.05, 4.69) is 16.0 Å². The van der Waals surface area contributed by atoms with Crippen molar-refractivity contribution in [1.29, 1.82) is 0 Å². The Hall–Kier alpha value is -2.80. The number of likely N-dealkylation sites (tertiary alicyclic amines) is 1. The average Bonchev–Trinajstić information content (AvgIpc) is 3.34. The minimum atomic E-state index is -0.665. The molecule has 0 radical (unpaired) electrons. The Morgan fingerprint density at radius 2 is 1.97 bits per heavy atom. The Balaban J connectivity index is 1.66. The van der Waals surface area contributed by atoms with Crippen LogP contribution < -0.4 is 0 Å². The lowest BCUT2D eigenvalue weighted by Gasteiger charge is -2.44. The molecule has 1 aromatic carbocycles. The van der Waals surface area contributed by atoms with Crippen LogP contribution >= 0.6 is 0 Å². The fourth-order valence-electron chi connectivity index (χ4n) is 4.92. The van der Waals surface area contributed by atoms with Crippen LogP contribution in [0.15, 0.2) is 43.0 Å². The van der Waals surface area contributed by atoms with Gasteiger partial charge in [-0.15, -0.1) is 0 Å². The van der Waals surface area contributed by atoms with Gasteiger partial charge in [-0.2, -0.15) is 0 Å². The number of ether oxygens (including phenoxy) is 1. The van der Waals surface area contributed by atoms with Crippen LogP contribution in [0.3, 0.4) is 0 Å². The lowest BCUT2D eigenvalue weighted by atomic mass is 9.73. The number of rotatable bonds is 5. The number of hydrogen-bond donors (Lipinski definition) is 0. The number of benzene rings is 1. The minimum Gasteiger partial charge on any atom is -0.368 e. The number of hydrogen-bond acceptors (Lipinski definition) is 5. The first kappa shape index (κ1) is 21.4. The Kier molecular flexibility index (Phi) is 6.32. The van der Waals surface area contributed by atoms with Crippen molar-refractivity contribution in [2.75, 3.05) is 33.8 Å². The van der Waals surface area contributed by atoms with Gasteiger partial charge in [-0.3, -0.25) is 9.59 Å². The van der Waals surface area contributed by atoms with E-state index in [0.29, 0.717) is 26.1 Å². The highest BCUT2D eigenvalue weighted by molar-refractivity contribution is 5.86. The van der Waals surface area contributed by atoms with Gasteiger partial charge in [-0.25, -0.2) is 9.97 Å². The molecular weight excluding hydrogens is 392 g/mol. The topological polar surface area (TPSA) is 75.6 Å². The van der Waals surface area contributed by atoms with Gasteiger partial charge in [0.2, 0.25) is 5.91 Å². The molecular formula is C24H30N4O3. The average molecular weight is 423 g/mol. The number of amides is 2. The van der Waals surface area contributed by atoms with Crippen molar-refractivity contribution in [2.24, 2.45) is 5.41 Å². The quantitative estimate of drug-likeness (QED) is 0.740. The largest absolute Gasteiger partial charge is 0.368 e. The van der Waals surface area contributed by atoms with Gasteiger partial charge in [-0.1, -0.05) is 24.3 Å². The highest BCUT2D eigenvalue weighted by Gasteiger charge is 2.45. The van der Waals surface area contributed by atoms with E-state index in [1.807, 2.05) is 23.1 Å². The van der Waals surface area contributed by atoms with Gasteiger partial charge in [-0.05, 0) is 43.2 Å². The third-order valence-corrected chi connectivity index (χ3v) is 6.37. The van der Waals surface area contributed by atoms with Gasteiger partial charge < -0.3 is 14.5 Å². The van der Waals surface area contributed by atoms with Crippen LogP contribution in [0.1, 0.15) is 31.2 Å². The van der Waals surface area contributed by atoms with Crippen molar-refractivity contribution in [2.45, 2.75) is 38.2 Å². The van der Waals surface area contributed by atoms with Crippen molar-refractivity contribution >= 4 is 11.8 Å². The van der Waals surface area contributed by atoms with Gasteiger partial charge in [0.05, 0.1) is 5.41 Å². The van der Waals surface area contributed by atoms with Crippen molar-refractivity contribution in [3.63, 3.8) is 0 Å². The van der Waals surface area contributed by atoms with E-state index in [1.165, 1.54) is 6.33 Å². The van der Waals surface area contributed by atoms with Crippen LogP contribution in [-0.4, -0.2) is 71.5 Å². The van der Waals surface area contributed by atoms with Crippen LogP contribution in [0.5, 0.6) is 0 Å². The number of nitrogens with zero attached hydrogens (tertiary/aromatic N) is 4. The van der Waals surface area contributed by atoms with Crippen LogP contribution in [0, 0.1) is 5.41 Å². The molecule has 1 aromatic heterocycles. The van der Waals surface area contributed by atoms with Gasteiger partial charge in [0.25, 0.3) is 5.91 Å². The molecule has 2 aliphatic rings. The lowest BCUT2D eigenvalue weighted by Crippen LogP contribution is -2.55. The van der Waals surface area contributed by atoms with Gasteiger partial charge in [0, 0.05) is 51.7 Å². The molecule has 0 saturated carbocycles. The Bertz CT molecular complexity index is 927. The Morgan fingerprint density at radius 3 is 2.68 bits per heavy atom. The third-order valence-electron chi connectivity index (χ3n) is 6.37. The fraction of sp³-hybridized carbons (Fsp3) is 0.500. The smallest absolute Gasteiger partial charge is 0.251 e. The summed E-state index contributed by atoms with van der Waals surface area (Å²) in [4.78, 5) is 38.4. The summed E-state index contributed by atoms with van der Waals surface area (Å²) in [7, 11) is 3.59. The second kappa shape index (κ2) is 9.14. The van der Waals surface area contributed by atoms with Crippen LogP contribution in [0.4, 0.5) is 0 Å². The summed E-state index contributed by atoms with van der Waals surface area (Å²) in [5.74, 6) is 0.0920. The zero-order valence-corrected chi connectivity index (χ0v) is 18.3. The van der Waals surface area contributed by atoms with E-state index in [4.69, 9.17) is 4.74 Å². The molecule has 0 aliphatic carbocycles. The number of piperidine rings is 1. The molecule has 0 N–H and O–H groups in total. The lowest BCUT2D eigenvalue weighted by molar-refractivity contribution is -0.151. The molecule has 0 unspecified atom stereocenters. The van der Waals surface area contributed by atoms with Crippen LogP contribution in [-0.2, 0) is 20.7 Å². The summed E-state index contributed by atoms with van der Waals surface area (Å²) in [6.45, 7) is 1.73. The number of aromatic nitrogens is 2. The van der Waals surface area contributed by atoms with E-state index >= 15 is 0 Å². The van der Waals surface area contributed by atoms with E-state index in [9.17, 15) is 9.59 Å². The summed E-state index contributed by atoms with van der Waals surface area (Å²) >= 11 is 0. The zero-order chi connectivity index (χ0) is 21.8. The number of carbonyl (C=O) groups excluding carboxylic acids is 2. The second-order valence-corrected chi connectivity index (χ2v) is 8.81. The monoisotopic (exact) mass is 422 g/mol. The Morgan fingerprint density at radius 1 is 1.19 bits per heavy atom. The molecule has 0 bridgehead atoms. The van der Waals surface area contributed by atoms with E-state index < -0.39 is 5.41 Å². The molecule has 4 rings (SSSR count). The van der Waals surface area contributed by atoms with Crippen LogP contribution in [0.2, 0.25) is 0 Å². The summed E-state index contributed by atoms with van der Waals surface area (Å²) in [5, 5.41) is 0. The zero-order valence-electron chi connectivity index (χ0n) is 18.3. The summed E-state index contributed by atoms with van der Waals surface area (Å²) in [6, 6.07) is 8.09. The molecule has 7 nitrogen and oxygen atoms in total. The van der Waals surface area contributed by atoms with Gasteiger partial charge >= 0.3 is 0 Å². The molecule has 2 aromatic rings. The van der Waals surface area contributed by atoms with E-state index in [-0.39, 0.29) is 17.9 Å². The van der Waals surface area contributed by atoms with Crippen molar-refractivity contribution in [1.82, 2.24) is 19.8 Å². The molecule has 2 amide bonds. The second-order valence-electron chi connectivity index (χ2n) is 8.81. The molecule has 0 spiro atoms. The predicted octanol–water partition coefficient (Wildman–Crippen LogP) is 2.56. The maximum Gasteiger partial charge on any atom is 0.251 e. The first-order valence-electron chi connectivity index (χ1n) is 11.0. The molecule has 2 fully saturated rings. The maximum atomic E-state index is 13.5. The maximum absolute atomic E-state index is 13.5.